The van der Waals surface area contributed by atoms with Crippen LogP contribution in [0.2, 0.25) is 0 Å². The number of rotatable bonds is 6. The minimum Gasteiger partial charge on any atom is -0.377 e. The molecule has 10 heteroatoms. The Bertz CT molecular complexity index is 840. The number of fused-ring (bicyclic) bond motifs is 1. The van der Waals surface area contributed by atoms with Gasteiger partial charge in [-0.25, -0.2) is 0 Å². The molecule has 0 saturated carbocycles. The lowest BCUT2D eigenvalue weighted by molar-refractivity contribution is 0.184. The molecular formula is C14H18N8OS. The highest BCUT2D eigenvalue weighted by Gasteiger charge is 2.28. The van der Waals surface area contributed by atoms with Gasteiger partial charge in [0.15, 0.2) is 11.5 Å². The molecule has 0 spiro atoms. The van der Waals surface area contributed by atoms with Gasteiger partial charge in [-0.1, -0.05) is 11.3 Å². The van der Waals surface area contributed by atoms with Crippen molar-refractivity contribution < 1.29 is 4.74 Å². The second-order valence-corrected chi connectivity index (χ2v) is 6.86. The molecule has 3 aromatic rings. The molecule has 0 radical (unpaired) electrons. The largest absolute Gasteiger partial charge is 0.377 e. The van der Waals surface area contributed by atoms with Crippen LogP contribution < -0.4 is 10.2 Å². The van der Waals surface area contributed by atoms with Crippen LogP contribution in [0.25, 0.3) is 5.65 Å². The van der Waals surface area contributed by atoms with Gasteiger partial charge in [-0.3, -0.25) is 0 Å². The van der Waals surface area contributed by atoms with Crippen molar-refractivity contribution >= 4 is 27.9 Å². The van der Waals surface area contributed by atoms with Crippen molar-refractivity contribution in [3.8, 4) is 0 Å². The highest BCUT2D eigenvalue weighted by molar-refractivity contribution is 7.15. The number of nitrogens with one attached hydrogen (secondary N) is 1. The minimum atomic E-state index is 0.507. The fourth-order valence-corrected chi connectivity index (χ4v) is 3.40. The van der Waals surface area contributed by atoms with Crippen LogP contribution in [0, 0.1) is 12.8 Å². The summed E-state index contributed by atoms with van der Waals surface area (Å²) in [5.74, 6) is 2.33. The third kappa shape index (κ3) is 2.89. The van der Waals surface area contributed by atoms with E-state index in [9.17, 15) is 0 Å². The van der Waals surface area contributed by atoms with Gasteiger partial charge in [0.25, 0.3) is 0 Å². The average Bonchev–Trinajstić information content (AvgIpc) is 3.14. The third-order valence-corrected chi connectivity index (χ3v) is 4.82. The standard InChI is InChI=1S/C14H18N8OS/c1-9-16-17-11-3-4-12(20-22(9)11)21-6-10(7-21)5-15-14-19-18-13(24-14)8-23-2/h3-4,10H,5-8H2,1-2H3,(H,15,19). The lowest BCUT2D eigenvalue weighted by atomic mass is 10.0. The maximum Gasteiger partial charge on any atom is 0.205 e. The lowest BCUT2D eigenvalue weighted by Gasteiger charge is -2.40. The number of aromatic nitrogens is 6. The fourth-order valence-electron chi connectivity index (χ4n) is 2.68. The molecule has 1 saturated heterocycles. The molecule has 1 aliphatic heterocycles. The molecule has 0 bridgehead atoms. The number of aryl methyl sites for hydroxylation is 1. The van der Waals surface area contributed by atoms with Gasteiger partial charge < -0.3 is 15.0 Å². The number of nitrogens with zero attached hydrogens (tertiary/aromatic N) is 7. The van der Waals surface area contributed by atoms with Gasteiger partial charge in [0.05, 0.1) is 0 Å². The van der Waals surface area contributed by atoms with Crippen molar-refractivity contribution in [1.82, 2.24) is 30.0 Å². The summed E-state index contributed by atoms with van der Waals surface area (Å²) in [6.45, 7) is 5.23. The number of ether oxygens (including phenoxy) is 1. The van der Waals surface area contributed by atoms with Crippen molar-refractivity contribution in [3.05, 3.63) is 23.0 Å². The molecule has 1 aliphatic rings. The normalized spacial score (nSPS) is 15.0. The maximum atomic E-state index is 5.05. The molecule has 126 valence electrons. The van der Waals surface area contributed by atoms with E-state index in [1.165, 1.54) is 11.3 Å². The zero-order chi connectivity index (χ0) is 16.5. The van der Waals surface area contributed by atoms with Crippen LogP contribution >= 0.6 is 11.3 Å². The van der Waals surface area contributed by atoms with E-state index in [0.717, 1.165) is 47.1 Å². The van der Waals surface area contributed by atoms with E-state index in [1.807, 2.05) is 19.1 Å². The van der Waals surface area contributed by atoms with Crippen LogP contribution in [0.4, 0.5) is 10.9 Å². The molecule has 0 aliphatic carbocycles. The van der Waals surface area contributed by atoms with Gasteiger partial charge in [0.2, 0.25) is 5.13 Å². The van der Waals surface area contributed by atoms with Crippen molar-refractivity contribution in [2.75, 3.05) is 37.0 Å². The smallest absolute Gasteiger partial charge is 0.205 e. The summed E-state index contributed by atoms with van der Waals surface area (Å²) >= 11 is 1.53. The van der Waals surface area contributed by atoms with Crippen LogP contribution in [0.15, 0.2) is 12.1 Å². The Morgan fingerprint density at radius 1 is 1.25 bits per heavy atom. The maximum absolute atomic E-state index is 5.05. The zero-order valence-corrected chi connectivity index (χ0v) is 14.3. The second-order valence-electron chi connectivity index (χ2n) is 5.79. The molecule has 0 amide bonds. The molecule has 3 aromatic heterocycles. The quantitative estimate of drug-likeness (QED) is 0.706. The average molecular weight is 346 g/mol. The van der Waals surface area contributed by atoms with Crippen LogP contribution in [0.1, 0.15) is 10.8 Å². The Hall–Kier alpha value is -2.33. The van der Waals surface area contributed by atoms with Crippen LogP contribution in [-0.4, -0.2) is 56.8 Å². The van der Waals surface area contributed by atoms with Gasteiger partial charge in [0.1, 0.15) is 17.4 Å². The van der Waals surface area contributed by atoms with E-state index in [-0.39, 0.29) is 0 Å². The topological polar surface area (TPSA) is 93.4 Å². The summed E-state index contributed by atoms with van der Waals surface area (Å²) < 4.78 is 6.83. The first-order chi connectivity index (χ1) is 11.7. The van der Waals surface area contributed by atoms with Crippen LogP contribution in [-0.2, 0) is 11.3 Å². The van der Waals surface area contributed by atoms with Gasteiger partial charge in [0, 0.05) is 32.7 Å². The van der Waals surface area contributed by atoms with Crippen LogP contribution in [0.5, 0.6) is 0 Å². The van der Waals surface area contributed by atoms with Gasteiger partial charge in [-0.15, -0.1) is 25.5 Å². The number of methoxy groups -OCH3 is 1. The van der Waals surface area contributed by atoms with Crippen molar-refractivity contribution in [2.45, 2.75) is 13.5 Å². The predicted molar refractivity (Wildman–Crippen MR) is 90.3 cm³/mol. The van der Waals surface area contributed by atoms with Crippen molar-refractivity contribution in [1.29, 1.82) is 0 Å². The summed E-state index contributed by atoms with van der Waals surface area (Å²) in [5, 5.41) is 26.0. The van der Waals surface area contributed by atoms with Crippen molar-refractivity contribution in [3.63, 3.8) is 0 Å². The Balaban J connectivity index is 1.31. The van der Waals surface area contributed by atoms with Gasteiger partial charge >= 0.3 is 0 Å². The van der Waals surface area contributed by atoms with E-state index >= 15 is 0 Å². The summed E-state index contributed by atoms with van der Waals surface area (Å²) in [7, 11) is 1.66. The van der Waals surface area contributed by atoms with E-state index in [0.29, 0.717) is 12.5 Å². The number of hydrogen-bond acceptors (Lipinski definition) is 9. The number of anilines is 2. The summed E-state index contributed by atoms with van der Waals surface area (Å²) in [5.41, 5.74) is 0.776. The Morgan fingerprint density at radius 3 is 2.96 bits per heavy atom. The highest BCUT2D eigenvalue weighted by atomic mass is 32.1. The third-order valence-electron chi connectivity index (χ3n) is 3.96. The fraction of sp³-hybridized carbons (Fsp3) is 0.500. The minimum absolute atomic E-state index is 0.507. The first-order valence-electron chi connectivity index (χ1n) is 7.72. The SMILES string of the molecule is COCc1nnc(NCC2CN(c3ccc4nnc(C)n4n3)C2)s1. The molecule has 1 N–H and O–H groups in total. The van der Waals surface area contributed by atoms with Gasteiger partial charge in [-0.2, -0.15) is 4.52 Å². The molecule has 0 aromatic carbocycles. The molecule has 0 atom stereocenters. The number of hydrogen-bond donors (Lipinski definition) is 1. The first-order valence-corrected chi connectivity index (χ1v) is 8.54. The van der Waals surface area contributed by atoms with Gasteiger partial charge in [-0.05, 0) is 19.1 Å². The van der Waals surface area contributed by atoms with Crippen LogP contribution in [0.3, 0.4) is 0 Å². The molecule has 4 rings (SSSR count). The Labute approximate surface area is 142 Å². The molecule has 0 unspecified atom stereocenters. The van der Waals surface area contributed by atoms with E-state index in [1.54, 1.807) is 11.6 Å². The molecule has 1 fully saturated rings. The lowest BCUT2D eigenvalue weighted by Crippen LogP contribution is -2.50. The van der Waals surface area contributed by atoms with E-state index in [2.05, 4.69) is 35.7 Å². The summed E-state index contributed by atoms with van der Waals surface area (Å²) in [6, 6.07) is 3.95. The van der Waals surface area contributed by atoms with E-state index in [4.69, 9.17) is 4.74 Å². The van der Waals surface area contributed by atoms with E-state index < -0.39 is 0 Å². The highest BCUT2D eigenvalue weighted by Crippen LogP contribution is 2.24. The molecule has 24 heavy (non-hydrogen) atoms. The summed E-state index contributed by atoms with van der Waals surface area (Å²) in [4.78, 5) is 2.25. The Kier molecular flexibility index (Phi) is 3.98. The molecular weight excluding hydrogens is 328 g/mol. The monoisotopic (exact) mass is 346 g/mol. The molecule has 4 heterocycles. The molecule has 9 nitrogen and oxygen atoms in total. The first kappa shape index (κ1) is 15.2. The second kappa shape index (κ2) is 6.29. The van der Waals surface area contributed by atoms with Crippen molar-refractivity contribution in [2.24, 2.45) is 5.92 Å². The zero-order valence-electron chi connectivity index (χ0n) is 13.5. The Morgan fingerprint density at radius 2 is 2.12 bits per heavy atom. The predicted octanol–water partition coefficient (Wildman–Crippen LogP) is 0.979. The summed E-state index contributed by atoms with van der Waals surface area (Å²) in [6.07, 6.45) is 0.